The first-order valence-corrected chi connectivity index (χ1v) is 5.64. The number of aliphatic carboxylic acids is 1. The first kappa shape index (κ1) is 6.34. The summed E-state index contributed by atoms with van der Waals surface area (Å²) in [5, 5.41) is 11.3. The van der Waals surface area contributed by atoms with Crippen LogP contribution in [0.3, 0.4) is 0 Å². The second-order valence-electron chi connectivity index (χ2n) is 1.61. The second-order valence-corrected chi connectivity index (χ2v) is 4.55. The summed E-state index contributed by atoms with van der Waals surface area (Å²) in [6.07, 6.45) is 0. The summed E-state index contributed by atoms with van der Waals surface area (Å²) in [5.41, 5.74) is 0. The summed E-state index contributed by atoms with van der Waals surface area (Å²) in [7, 11) is 0. The molecule has 1 rings (SSSR count). The molecule has 0 spiro atoms. The number of carboxylic acid groups (broad SMARTS) is 1. The Kier molecular flexibility index (Phi) is 2.12. The predicted molar refractivity (Wildman–Crippen MR) is 30.0 cm³/mol. The monoisotopic (exact) mass is 231 g/mol. The van der Waals surface area contributed by atoms with Crippen LogP contribution in [-0.4, -0.2) is 42.6 Å². The summed E-state index contributed by atoms with van der Waals surface area (Å²) < 4.78 is 1.91. The van der Waals surface area contributed by atoms with Gasteiger partial charge >= 0.3 is 57.2 Å². The van der Waals surface area contributed by atoms with Gasteiger partial charge in [-0.2, -0.15) is 0 Å². The minimum absolute atomic E-state index is 0.0273. The van der Waals surface area contributed by atoms with Crippen molar-refractivity contribution in [3.63, 3.8) is 0 Å². The molecule has 1 fully saturated rings. The second kappa shape index (κ2) is 2.67. The van der Waals surface area contributed by atoms with Crippen molar-refractivity contribution in [2.75, 3.05) is 4.59 Å². The van der Waals surface area contributed by atoms with Crippen molar-refractivity contribution in [2.45, 2.75) is 10.5 Å². The van der Waals surface area contributed by atoms with Gasteiger partial charge in [0.05, 0.1) is 0 Å². The van der Waals surface area contributed by atoms with E-state index in [1.54, 1.807) is 0 Å². The van der Waals surface area contributed by atoms with Crippen LogP contribution in [0.2, 0.25) is 4.47 Å². The van der Waals surface area contributed by atoms with E-state index in [4.69, 9.17) is 5.11 Å². The van der Waals surface area contributed by atoms with Crippen LogP contribution in [0.4, 0.5) is 0 Å². The Morgan fingerprint density at radius 3 is 2.88 bits per heavy atom. The van der Waals surface area contributed by atoms with Crippen molar-refractivity contribution in [1.82, 2.24) is 5.32 Å². The Bertz CT molecular complexity index is 100. The first-order valence-electron chi connectivity index (χ1n) is 2.34. The zero-order valence-corrected chi connectivity index (χ0v) is 6.59. The number of carbonyl (C=O) groups is 1. The first-order chi connectivity index (χ1) is 3.80. The van der Waals surface area contributed by atoms with Crippen molar-refractivity contribution >= 4 is 26.9 Å². The van der Waals surface area contributed by atoms with Crippen LogP contribution >= 0.6 is 0 Å². The van der Waals surface area contributed by atoms with Gasteiger partial charge in [0.25, 0.3) is 0 Å². The van der Waals surface area contributed by atoms with Crippen LogP contribution in [0.1, 0.15) is 0 Å². The van der Waals surface area contributed by atoms with Crippen LogP contribution in [0.25, 0.3) is 0 Å². The third kappa shape index (κ3) is 1.35. The maximum atomic E-state index is 10.2. The van der Waals surface area contributed by atoms with Gasteiger partial charge in [-0.05, 0) is 0 Å². The Morgan fingerprint density at radius 1 is 1.88 bits per heavy atom. The van der Waals surface area contributed by atoms with Crippen molar-refractivity contribution in [2.24, 2.45) is 0 Å². The van der Waals surface area contributed by atoms with Crippen LogP contribution in [0.15, 0.2) is 0 Å². The summed E-state index contributed by atoms with van der Waals surface area (Å²) in [4.78, 5) is 10.2. The summed E-state index contributed by atoms with van der Waals surface area (Å²) in [6.45, 7) is 0. The fourth-order valence-corrected chi connectivity index (χ4v) is 3.22. The van der Waals surface area contributed by atoms with Crippen LogP contribution in [0, 0.1) is 0 Å². The van der Waals surface area contributed by atoms with E-state index in [9.17, 15) is 4.79 Å². The quantitative estimate of drug-likeness (QED) is 0.574. The molecule has 0 amide bonds. The average Bonchev–Trinajstić information content (AvgIpc) is 2.12. The molecule has 4 heteroatoms. The molecule has 8 heavy (non-hydrogen) atoms. The fraction of sp³-hybridized carbons (Fsp3) is 0.750. The van der Waals surface area contributed by atoms with E-state index in [1.807, 2.05) is 0 Å². The molecule has 0 aromatic rings. The normalized spacial score (nSPS) is 28.2. The molecule has 1 aliphatic heterocycles. The predicted octanol–water partition coefficient (Wildman–Crippen LogP) is -0.877. The molecule has 0 aromatic carbocycles. The zero-order valence-electron chi connectivity index (χ0n) is 4.26. The number of rotatable bonds is 1. The standard InChI is InChI=1S/C4H7NO2Te/c6-4(7)3-1-8-2-5-3/h3,5H,1-2H2,(H,6,7). The summed E-state index contributed by atoms with van der Waals surface area (Å²) in [6, 6.07) is -0.211. The molecule has 1 heterocycles. The molecule has 46 valence electrons. The van der Waals surface area contributed by atoms with Gasteiger partial charge in [-0.15, -0.1) is 0 Å². The van der Waals surface area contributed by atoms with Gasteiger partial charge < -0.3 is 0 Å². The Labute approximate surface area is 57.5 Å². The summed E-state index contributed by atoms with van der Waals surface area (Å²) >= 11 is 0.0273. The molecule has 1 aliphatic rings. The molecule has 3 nitrogen and oxygen atoms in total. The van der Waals surface area contributed by atoms with Gasteiger partial charge in [0.1, 0.15) is 0 Å². The minimum atomic E-state index is -0.687. The van der Waals surface area contributed by atoms with E-state index < -0.39 is 5.97 Å². The molecule has 1 unspecified atom stereocenters. The Hall–Kier alpha value is 0.220. The van der Waals surface area contributed by atoms with Crippen molar-refractivity contribution in [3.8, 4) is 0 Å². The molecule has 0 saturated carbocycles. The Morgan fingerprint density at radius 2 is 2.62 bits per heavy atom. The Balaban J connectivity index is 2.35. The van der Waals surface area contributed by atoms with Gasteiger partial charge in [-0.25, -0.2) is 0 Å². The van der Waals surface area contributed by atoms with E-state index in [0.717, 1.165) is 9.06 Å². The molecular weight excluding hydrogens is 222 g/mol. The van der Waals surface area contributed by atoms with Crippen molar-refractivity contribution in [1.29, 1.82) is 0 Å². The van der Waals surface area contributed by atoms with E-state index in [1.165, 1.54) is 0 Å². The third-order valence-corrected chi connectivity index (χ3v) is 3.70. The molecule has 1 atom stereocenters. The van der Waals surface area contributed by atoms with E-state index >= 15 is 0 Å². The van der Waals surface area contributed by atoms with Gasteiger partial charge in [0.2, 0.25) is 0 Å². The van der Waals surface area contributed by atoms with Gasteiger partial charge in [-0.3, -0.25) is 0 Å². The zero-order chi connectivity index (χ0) is 5.98. The number of nitrogens with one attached hydrogen (secondary N) is 1. The molecule has 0 radical (unpaired) electrons. The number of hydrogen-bond acceptors (Lipinski definition) is 2. The van der Waals surface area contributed by atoms with Crippen LogP contribution in [0.5, 0.6) is 0 Å². The van der Waals surface area contributed by atoms with Crippen LogP contribution < -0.4 is 5.32 Å². The molecular formula is C4H7NO2Te. The van der Waals surface area contributed by atoms with Gasteiger partial charge in [0.15, 0.2) is 0 Å². The van der Waals surface area contributed by atoms with Crippen molar-refractivity contribution in [3.05, 3.63) is 0 Å². The number of hydrogen-bond donors (Lipinski definition) is 2. The third-order valence-electron chi connectivity index (χ3n) is 1.01. The van der Waals surface area contributed by atoms with Gasteiger partial charge in [0, 0.05) is 0 Å². The number of carboxylic acids is 1. The summed E-state index contributed by atoms with van der Waals surface area (Å²) in [5.74, 6) is -0.687. The van der Waals surface area contributed by atoms with Crippen LogP contribution in [-0.2, 0) is 4.79 Å². The molecule has 1 saturated heterocycles. The van der Waals surface area contributed by atoms with Crippen molar-refractivity contribution < 1.29 is 9.90 Å². The molecule has 2 N–H and O–H groups in total. The molecule has 0 aromatic heterocycles. The van der Waals surface area contributed by atoms with E-state index in [2.05, 4.69) is 5.32 Å². The maximum absolute atomic E-state index is 10.2. The van der Waals surface area contributed by atoms with E-state index in [0.29, 0.717) is 0 Å². The molecule has 0 aliphatic carbocycles. The van der Waals surface area contributed by atoms with Gasteiger partial charge in [-0.1, -0.05) is 0 Å². The topological polar surface area (TPSA) is 49.3 Å². The average molecular weight is 229 g/mol. The molecule has 0 bridgehead atoms. The fourth-order valence-electron chi connectivity index (χ4n) is 0.554. The SMILES string of the molecule is O=C(O)C1C[Te]CN1. The van der Waals surface area contributed by atoms with E-state index in [-0.39, 0.29) is 27.0 Å².